The lowest BCUT2D eigenvalue weighted by molar-refractivity contribution is -0.142. The van der Waals surface area contributed by atoms with Crippen molar-refractivity contribution < 1.29 is 24.3 Å². The zero-order valence-corrected chi connectivity index (χ0v) is 13.6. The second-order valence-corrected chi connectivity index (χ2v) is 5.58. The Hall–Kier alpha value is -1.81. The summed E-state index contributed by atoms with van der Waals surface area (Å²) < 4.78 is 0. The van der Waals surface area contributed by atoms with Crippen LogP contribution in [0.4, 0.5) is 0 Å². The van der Waals surface area contributed by atoms with Gasteiger partial charge in [-0.3, -0.25) is 19.2 Å². The Balaban J connectivity index is 4.45. The van der Waals surface area contributed by atoms with Crippen LogP contribution in [0.1, 0.15) is 20.8 Å². The van der Waals surface area contributed by atoms with Crippen molar-refractivity contribution in [1.29, 1.82) is 0 Å². The number of aliphatic carboxylic acids is 1. The zero-order chi connectivity index (χ0) is 17.5. The lowest BCUT2D eigenvalue weighted by Gasteiger charge is -2.26. The molecule has 0 aliphatic heterocycles. The van der Waals surface area contributed by atoms with E-state index in [0.717, 1.165) is 0 Å². The maximum absolute atomic E-state index is 11.9. The fourth-order valence-electron chi connectivity index (χ4n) is 1.27. The molecule has 22 heavy (non-hydrogen) atoms. The molecule has 3 amide bonds. The van der Waals surface area contributed by atoms with Gasteiger partial charge in [0.25, 0.3) is 0 Å². The van der Waals surface area contributed by atoms with Gasteiger partial charge in [0, 0.05) is 5.75 Å². The number of hydrogen-bond acceptors (Lipinski definition) is 6. The summed E-state index contributed by atoms with van der Waals surface area (Å²) >= 11 is 3.86. The molecule has 0 aliphatic carbocycles. The van der Waals surface area contributed by atoms with Gasteiger partial charge < -0.3 is 26.8 Å². The summed E-state index contributed by atoms with van der Waals surface area (Å²) in [6.07, 6.45) is 0. The number of thiol groups is 1. The van der Waals surface area contributed by atoms with Gasteiger partial charge in [0.1, 0.15) is 11.6 Å². The first-order valence-electron chi connectivity index (χ1n) is 6.50. The second kappa shape index (κ2) is 8.59. The molecular formula is C12H22N4O5S. The van der Waals surface area contributed by atoms with Gasteiger partial charge in [-0.05, 0) is 20.8 Å². The minimum Gasteiger partial charge on any atom is -0.480 e. The highest BCUT2D eigenvalue weighted by Gasteiger charge is 2.31. The Kier molecular flexibility index (Phi) is 7.88. The maximum Gasteiger partial charge on any atom is 0.325 e. The molecule has 0 aromatic rings. The summed E-state index contributed by atoms with van der Waals surface area (Å²) in [5, 5.41) is 15.7. The molecule has 0 saturated heterocycles. The third-order valence-corrected chi connectivity index (χ3v) is 3.09. The number of amides is 3. The highest BCUT2D eigenvalue weighted by Crippen LogP contribution is 2.02. The SMILES string of the molecule is C[C@H](NC(=O)C(C)(C)NC(=O)CNC(=O)[C@@H](N)CS)C(=O)O. The lowest BCUT2D eigenvalue weighted by Crippen LogP contribution is -2.59. The monoisotopic (exact) mass is 334 g/mol. The Bertz CT molecular complexity index is 455. The molecule has 126 valence electrons. The van der Waals surface area contributed by atoms with E-state index in [0.29, 0.717) is 0 Å². The average Bonchev–Trinajstić information content (AvgIpc) is 2.42. The van der Waals surface area contributed by atoms with Crippen LogP contribution >= 0.6 is 12.6 Å². The van der Waals surface area contributed by atoms with Crippen molar-refractivity contribution in [3.8, 4) is 0 Å². The van der Waals surface area contributed by atoms with E-state index in [1.165, 1.54) is 20.8 Å². The number of carbonyl (C=O) groups excluding carboxylic acids is 3. The van der Waals surface area contributed by atoms with Gasteiger partial charge in [-0.2, -0.15) is 12.6 Å². The molecule has 0 bridgehead atoms. The van der Waals surface area contributed by atoms with Gasteiger partial charge in [0.05, 0.1) is 12.6 Å². The number of nitrogens with two attached hydrogens (primary N) is 1. The van der Waals surface area contributed by atoms with Gasteiger partial charge in [0.2, 0.25) is 17.7 Å². The second-order valence-electron chi connectivity index (χ2n) is 5.21. The van der Waals surface area contributed by atoms with Crippen LogP contribution in [0.5, 0.6) is 0 Å². The summed E-state index contributed by atoms with van der Waals surface area (Å²) in [6.45, 7) is 3.77. The first-order chi connectivity index (χ1) is 10.0. The van der Waals surface area contributed by atoms with Crippen molar-refractivity contribution in [1.82, 2.24) is 16.0 Å². The van der Waals surface area contributed by atoms with Crippen molar-refractivity contribution in [2.45, 2.75) is 38.4 Å². The topological polar surface area (TPSA) is 151 Å². The van der Waals surface area contributed by atoms with Crippen molar-refractivity contribution in [2.24, 2.45) is 5.73 Å². The smallest absolute Gasteiger partial charge is 0.325 e. The van der Waals surface area contributed by atoms with Crippen LogP contribution in [0.2, 0.25) is 0 Å². The molecular weight excluding hydrogens is 312 g/mol. The number of nitrogens with one attached hydrogen (secondary N) is 3. The van der Waals surface area contributed by atoms with E-state index < -0.39 is 41.3 Å². The van der Waals surface area contributed by atoms with Crippen molar-refractivity contribution in [2.75, 3.05) is 12.3 Å². The standard InChI is InChI=1S/C12H22N4O5S/c1-6(10(19)20)15-11(21)12(2,3)16-8(17)4-14-9(18)7(13)5-22/h6-7,22H,4-5,13H2,1-3H3,(H,14,18)(H,15,21)(H,16,17)(H,19,20)/t6-,7-/m0/s1. The molecule has 0 spiro atoms. The van der Waals surface area contributed by atoms with Gasteiger partial charge in [-0.15, -0.1) is 0 Å². The lowest BCUT2D eigenvalue weighted by atomic mass is 10.0. The van der Waals surface area contributed by atoms with Crippen molar-refractivity contribution >= 4 is 36.3 Å². The van der Waals surface area contributed by atoms with Crippen LogP contribution in [0, 0.1) is 0 Å². The molecule has 0 radical (unpaired) electrons. The Morgan fingerprint density at radius 3 is 2.27 bits per heavy atom. The molecule has 0 fully saturated rings. The number of hydrogen-bond donors (Lipinski definition) is 6. The Morgan fingerprint density at radius 1 is 1.27 bits per heavy atom. The molecule has 0 unspecified atom stereocenters. The van der Waals surface area contributed by atoms with E-state index in [2.05, 4.69) is 28.6 Å². The van der Waals surface area contributed by atoms with E-state index in [-0.39, 0.29) is 12.3 Å². The number of carbonyl (C=O) groups is 4. The summed E-state index contributed by atoms with van der Waals surface area (Å²) in [5.41, 5.74) is 4.09. The fourth-order valence-corrected chi connectivity index (χ4v) is 1.44. The highest BCUT2D eigenvalue weighted by molar-refractivity contribution is 7.80. The molecule has 0 aliphatic rings. The zero-order valence-electron chi connectivity index (χ0n) is 12.7. The van der Waals surface area contributed by atoms with Crippen LogP contribution in [-0.2, 0) is 19.2 Å². The van der Waals surface area contributed by atoms with Crippen LogP contribution in [0.25, 0.3) is 0 Å². The molecule has 0 rings (SSSR count). The predicted molar refractivity (Wildman–Crippen MR) is 82.3 cm³/mol. The van der Waals surface area contributed by atoms with E-state index in [1.54, 1.807) is 0 Å². The molecule has 0 aromatic heterocycles. The van der Waals surface area contributed by atoms with E-state index in [4.69, 9.17) is 10.8 Å². The minimum atomic E-state index is -1.34. The molecule has 0 aromatic carbocycles. The molecule has 0 heterocycles. The summed E-state index contributed by atoms with van der Waals surface area (Å²) in [7, 11) is 0. The molecule has 9 nitrogen and oxygen atoms in total. The van der Waals surface area contributed by atoms with Gasteiger partial charge in [-0.1, -0.05) is 0 Å². The van der Waals surface area contributed by atoms with Gasteiger partial charge >= 0.3 is 5.97 Å². The highest BCUT2D eigenvalue weighted by atomic mass is 32.1. The molecule has 10 heteroatoms. The maximum atomic E-state index is 11.9. The van der Waals surface area contributed by atoms with Crippen LogP contribution in [0.15, 0.2) is 0 Å². The quantitative estimate of drug-likeness (QED) is 0.278. The van der Waals surface area contributed by atoms with E-state index in [9.17, 15) is 19.2 Å². The summed E-state index contributed by atoms with van der Waals surface area (Å²) in [5.74, 6) is -2.86. The largest absolute Gasteiger partial charge is 0.480 e. The third kappa shape index (κ3) is 6.76. The van der Waals surface area contributed by atoms with Crippen LogP contribution in [-0.4, -0.2) is 58.7 Å². The average molecular weight is 334 g/mol. The van der Waals surface area contributed by atoms with Gasteiger partial charge in [0.15, 0.2) is 0 Å². The summed E-state index contributed by atoms with van der Waals surface area (Å²) in [4.78, 5) is 45.7. The molecule has 0 saturated carbocycles. The normalized spacial score (nSPS) is 13.7. The van der Waals surface area contributed by atoms with Crippen molar-refractivity contribution in [3.63, 3.8) is 0 Å². The Morgan fingerprint density at radius 2 is 1.82 bits per heavy atom. The van der Waals surface area contributed by atoms with Crippen LogP contribution < -0.4 is 21.7 Å². The first-order valence-corrected chi connectivity index (χ1v) is 7.13. The third-order valence-electron chi connectivity index (χ3n) is 2.69. The Labute approximate surface area is 133 Å². The number of carboxylic acid groups (broad SMARTS) is 1. The first kappa shape index (κ1) is 20.2. The number of rotatable bonds is 8. The van der Waals surface area contributed by atoms with E-state index >= 15 is 0 Å². The molecule has 2 atom stereocenters. The van der Waals surface area contributed by atoms with Gasteiger partial charge in [-0.25, -0.2) is 0 Å². The molecule has 6 N–H and O–H groups in total. The minimum absolute atomic E-state index is 0.133. The fraction of sp³-hybridized carbons (Fsp3) is 0.667. The number of carboxylic acids is 1. The van der Waals surface area contributed by atoms with Crippen LogP contribution in [0.3, 0.4) is 0 Å². The van der Waals surface area contributed by atoms with E-state index in [1.807, 2.05) is 0 Å². The predicted octanol–water partition coefficient (Wildman–Crippen LogP) is -2.16. The van der Waals surface area contributed by atoms with Crippen molar-refractivity contribution in [3.05, 3.63) is 0 Å². The summed E-state index contributed by atoms with van der Waals surface area (Å²) in [6, 6.07) is -1.92.